The number of hydrogen-bond donors (Lipinski definition) is 0. The molecule has 4 heteroatoms. The largest absolute Gasteiger partial charge is 0.381 e. The van der Waals surface area contributed by atoms with E-state index in [0.717, 1.165) is 31.4 Å². The van der Waals surface area contributed by atoms with Crippen LogP contribution in [0.25, 0.3) is 0 Å². The molecular weight excluding hydrogens is 255 g/mol. The van der Waals surface area contributed by atoms with Crippen LogP contribution >= 0.6 is 27.5 Å². The van der Waals surface area contributed by atoms with Crippen LogP contribution in [0.4, 0.5) is 0 Å². The molecule has 1 fully saturated rings. The van der Waals surface area contributed by atoms with Crippen LogP contribution in [-0.2, 0) is 9.47 Å². The van der Waals surface area contributed by atoms with Crippen LogP contribution in [0, 0.1) is 0 Å². The average Bonchev–Trinajstić information content (AvgIpc) is 2.19. The highest BCUT2D eigenvalue weighted by molar-refractivity contribution is 9.09. The third kappa shape index (κ3) is 3.74. The number of alkyl halides is 2. The van der Waals surface area contributed by atoms with Gasteiger partial charge in [-0.15, -0.1) is 11.6 Å². The van der Waals surface area contributed by atoms with Crippen molar-refractivity contribution >= 4 is 27.5 Å². The average molecular weight is 272 g/mol. The van der Waals surface area contributed by atoms with Crippen molar-refractivity contribution in [3.63, 3.8) is 0 Å². The molecule has 0 spiro atoms. The van der Waals surface area contributed by atoms with Gasteiger partial charge in [0.15, 0.2) is 0 Å². The molecule has 0 aromatic carbocycles. The summed E-state index contributed by atoms with van der Waals surface area (Å²) in [5, 5.41) is 0.779. The molecule has 0 aromatic heterocycles. The van der Waals surface area contributed by atoms with Gasteiger partial charge >= 0.3 is 0 Å². The molecule has 1 rings (SSSR count). The van der Waals surface area contributed by atoms with Crippen LogP contribution in [-0.4, -0.2) is 36.1 Å². The Morgan fingerprint density at radius 3 is 2.62 bits per heavy atom. The summed E-state index contributed by atoms with van der Waals surface area (Å²) >= 11 is 9.26. The van der Waals surface area contributed by atoms with Crippen LogP contribution in [0.1, 0.15) is 19.8 Å². The molecule has 0 amide bonds. The second-order valence-corrected chi connectivity index (χ2v) is 4.47. The van der Waals surface area contributed by atoms with E-state index in [1.165, 1.54) is 0 Å². The van der Waals surface area contributed by atoms with Crippen molar-refractivity contribution in [1.82, 2.24) is 0 Å². The topological polar surface area (TPSA) is 18.5 Å². The predicted molar refractivity (Wildman–Crippen MR) is 57.8 cm³/mol. The molecule has 1 aliphatic rings. The van der Waals surface area contributed by atoms with Crippen LogP contribution in [0.5, 0.6) is 0 Å². The van der Waals surface area contributed by atoms with Crippen molar-refractivity contribution in [2.45, 2.75) is 31.5 Å². The maximum absolute atomic E-state index is 5.92. The van der Waals surface area contributed by atoms with Crippen molar-refractivity contribution in [2.75, 3.05) is 24.4 Å². The van der Waals surface area contributed by atoms with Crippen LogP contribution in [0.3, 0.4) is 0 Å². The van der Waals surface area contributed by atoms with Gasteiger partial charge in [0.2, 0.25) is 0 Å². The normalized spacial score (nSPS) is 24.2. The Labute approximate surface area is 93.1 Å². The molecule has 0 aliphatic carbocycles. The predicted octanol–water partition coefficient (Wildman–Crippen LogP) is 2.57. The number of rotatable bonds is 4. The standard InChI is InChI=1S/C9H16BrClO2/c1-9(6-10,7-11)13-8-2-4-12-5-3-8/h8H,2-7H2,1H3. The summed E-state index contributed by atoms with van der Waals surface area (Å²) in [5.41, 5.74) is -0.233. The van der Waals surface area contributed by atoms with Gasteiger partial charge < -0.3 is 9.47 Å². The molecule has 0 bridgehead atoms. The molecule has 1 heterocycles. The SMILES string of the molecule is CC(CCl)(CBr)OC1CCOCC1. The highest BCUT2D eigenvalue weighted by Gasteiger charge is 2.27. The molecule has 1 unspecified atom stereocenters. The first kappa shape index (κ1) is 11.8. The molecule has 78 valence electrons. The first-order valence-electron chi connectivity index (χ1n) is 4.58. The highest BCUT2D eigenvalue weighted by Crippen LogP contribution is 2.22. The van der Waals surface area contributed by atoms with E-state index in [4.69, 9.17) is 21.1 Å². The van der Waals surface area contributed by atoms with E-state index < -0.39 is 0 Å². The maximum Gasteiger partial charge on any atom is 0.0889 e. The Bertz CT molecular complexity index is 145. The van der Waals surface area contributed by atoms with Crippen LogP contribution in [0.15, 0.2) is 0 Å². The molecule has 1 saturated heterocycles. The molecule has 13 heavy (non-hydrogen) atoms. The Morgan fingerprint density at radius 2 is 2.15 bits per heavy atom. The van der Waals surface area contributed by atoms with E-state index in [9.17, 15) is 0 Å². The minimum absolute atomic E-state index is 0.233. The number of ether oxygens (including phenoxy) is 2. The van der Waals surface area contributed by atoms with Crippen molar-refractivity contribution in [2.24, 2.45) is 0 Å². The van der Waals surface area contributed by atoms with Crippen molar-refractivity contribution in [1.29, 1.82) is 0 Å². The van der Waals surface area contributed by atoms with E-state index in [0.29, 0.717) is 12.0 Å². The Balaban J connectivity index is 2.35. The lowest BCUT2D eigenvalue weighted by atomic mass is 10.1. The third-order valence-corrected chi connectivity index (χ3v) is 3.94. The summed E-state index contributed by atoms with van der Waals surface area (Å²) in [6.07, 6.45) is 2.29. The van der Waals surface area contributed by atoms with E-state index in [-0.39, 0.29) is 5.60 Å². The fourth-order valence-electron chi connectivity index (χ4n) is 1.29. The molecule has 0 saturated carbocycles. The molecule has 0 N–H and O–H groups in total. The first-order chi connectivity index (χ1) is 6.20. The number of halogens is 2. The van der Waals surface area contributed by atoms with Gasteiger partial charge in [-0.3, -0.25) is 0 Å². The maximum atomic E-state index is 5.92. The second kappa shape index (κ2) is 5.54. The minimum atomic E-state index is -0.233. The first-order valence-corrected chi connectivity index (χ1v) is 6.23. The zero-order chi connectivity index (χ0) is 9.73. The molecule has 0 radical (unpaired) electrons. The lowest BCUT2D eigenvalue weighted by Gasteiger charge is -2.33. The van der Waals surface area contributed by atoms with E-state index in [1.807, 2.05) is 6.92 Å². The van der Waals surface area contributed by atoms with Gasteiger partial charge in [0.05, 0.1) is 17.6 Å². The van der Waals surface area contributed by atoms with E-state index >= 15 is 0 Å². The summed E-state index contributed by atoms with van der Waals surface area (Å²) in [6, 6.07) is 0. The quantitative estimate of drug-likeness (QED) is 0.732. The van der Waals surface area contributed by atoms with Crippen LogP contribution in [0.2, 0.25) is 0 Å². The minimum Gasteiger partial charge on any atom is -0.381 e. The molecule has 1 atom stereocenters. The van der Waals surface area contributed by atoms with Crippen molar-refractivity contribution in [3.05, 3.63) is 0 Å². The van der Waals surface area contributed by atoms with Crippen LogP contribution < -0.4 is 0 Å². The molecule has 0 aromatic rings. The van der Waals surface area contributed by atoms with Crippen molar-refractivity contribution < 1.29 is 9.47 Å². The monoisotopic (exact) mass is 270 g/mol. The smallest absolute Gasteiger partial charge is 0.0889 e. The van der Waals surface area contributed by atoms with Gasteiger partial charge in [-0.1, -0.05) is 15.9 Å². The molecule has 1 aliphatic heterocycles. The van der Waals surface area contributed by atoms with Crippen molar-refractivity contribution in [3.8, 4) is 0 Å². The van der Waals surface area contributed by atoms with E-state index in [2.05, 4.69) is 15.9 Å². The van der Waals surface area contributed by atoms with Gasteiger partial charge in [-0.2, -0.15) is 0 Å². The summed E-state index contributed by atoms with van der Waals surface area (Å²) in [7, 11) is 0. The van der Waals surface area contributed by atoms with Gasteiger partial charge in [-0.05, 0) is 19.8 Å². The third-order valence-electron chi connectivity index (χ3n) is 2.18. The zero-order valence-corrected chi connectivity index (χ0v) is 10.2. The fraction of sp³-hybridized carbons (Fsp3) is 1.00. The number of hydrogen-bond acceptors (Lipinski definition) is 2. The summed E-state index contributed by atoms with van der Waals surface area (Å²) < 4.78 is 11.2. The highest BCUT2D eigenvalue weighted by atomic mass is 79.9. The molecule has 2 nitrogen and oxygen atoms in total. The fourth-order valence-corrected chi connectivity index (χ4v) is 2.01. The molecular formula is C9H16BrClO2. The summed E-state index contributed by atoms with van der Waals surface area (Å²) in [6.45, 7) is 3.65. The van der Waals surface area contributed by atoms with Gasteiger partial charge in [0, 0.05) is 18.5 Å². The van der Waals surface area contributed by atoms with Gasteiger partial charge in [0.25, 0.3) is 0 Å². The Hall–Kier alpha value is 0.690. The second-order valence-electron chi connectivity index (χ2n) is 3.65. The van der Waals surface area contributed by atoms with E-state index in [1.54, 1.807) is 0 Å². The summed E-state index contributed by atoms with van der Waals surface area (Å²) in [5.74, 6) is 0.523. The lowest BCUT2D eigenvalue weighted by molar-refractivity contribution is -0.0960. The Kier molecular flexibility index (Phi) is 5.01. The Morgan fingerprint density at radius 1 is 1.54 bits per heavy atom. The zero-order valence-electron chi connectivity index (χ0n) is 7.89. The lowest BCUT2D eigenvalue weighted by Crippen LogP contribution is -2.39. The summed E-state index contributed by atoms with van der Waals surface area (Å²) in [4.78, 5) is 0. The van der Waals surface area contributed by atoms with Gasteiger partial charge in [0.1, 0.15) is 0 Å². The van der Waals surface area contributed by atoms with Gasteiger partial charge in [-0.25, -0.2) is 0 Å².